The summed E-state index contributed by atoms with van der Waals surface area (Å²) in [6, 6.07) is 13.4. The van der Waals surface area contributed by atoms with E-state index in [1.54, 1.807) is 36.2 Å². The van der Waals surface area contributed by atoms with Crippen molar-refractivity contribution in [3.8, 4) is 0 Å². The Morgan fingerprint density at radius 1 is 1.18 bits per heavy atom. The average Bonchev–Trinajstić information content (AvgIpc) is 2.53. The van der Waals surface area contributed by atoms with Gasteiger partial charge in [0.2, 0.25) is 0 Å². The minimum absolute atomic E-state index is 0.00457. The van der Waals surface area contributed by atoms with Crippen LogP contribution in [-0.2, 0) is 0 Å². The molecule has 0 bridgehead atoms. The van der Waals surface area contributed by atoms with Gasteiger partial charge in [0.15, 0.2) is 5.50 Å². The largest absolute Gasteiger partial charge is 0.312 e. The molecule has 0 fully saturated rings. The highest BCUT2D eigenvalue weighted by Crippen LogP contribution is 2.38. The maximum absolute atomic E-state index is 12.3. The fourth-order valence-electron chi connectivity index (χ4n) is 2.49. The van der Waals surface area contributed by atoms with E-state index in [1.165, 1.54) is 17.0 Å². The molecule has 0 aromatic heterocycles. The molecule has 0 radical (unpaired) electrons. The molecule has 22 heavy (non-hydrogen) atoms. The van der Waals surface area contributed by atoms with E-state index in [0.717, 1.165) is 0 Å². The Balaban J connectivity index is 2.17. The molecule has 112 valence electrons. The summed E-state index contributed by atoms with van der Waals surface area (Å²) < 4.78 is 0. The molecule has 2 aromatic carbocycles. The van der Waals surface area contributed by atoms with Crippen molar-refractivity contribution in [3.63, 3.8) is 0 Å². The van der Waals surface area contributed by atoms with Gasteiger partial charge in [-0.25, -0.2) is 0 Å². The molecule has 1 heterocycles. The van der Waals surface area contributed by atoms with Crippen LogP contribution in [0.5, 0.6) is 0 Å². The van der Waals surface area contributed by atoms with Crippen molar-refractivity contribution in [2.45, 2.75) is 5.50 Å². The van der Waals surface area contributed by atoms with Crippen molar-refractivity contribution in [1.82, 2.24) is 4.90 Å². The lowest BCUT2D eigenvalue weighted by molar-refractivity contribution is -0.384. The van der Waals surface area contributed by atoms with E-state index in [1.807, 2.05) is 12.1 Å². The minimum atomic E-state index is -0.538. The number of thiol groups is 1. The molecule has 1 aliphatic heterocycles. The number of nitro benzene ring substituents is 1. The normalized spacial score (nSPS) is 17.4. The first-order valence-electron chi connectivity index (χ1n) is 6.58. The zero-order valence-corrected chi connectivity index (χ0v) is 12.6. The van der Waals surface area contributed by atoms with E-state index in [0.29, 0.717) is 16.9 Å². The quantitative estimate of drug-likeness (QED) is 0.525. The van der Waals surface area contributed by atoms with Gasteiger partial charge in [-0.1, -0.05) is 18.2 Å². The zero-order chi connectivity index (χ0) is 15.9. The van der Waals surface area contributed by atoms with Gasteiger partial charge >= 0.3 is 0 Å². The average molecular weight is 315 g/mol. The molecule has 1 aliphatic rings. The minimum Gasteiger partial charge on any atom is -0.312 e. The number of hydrogen-bond acceptors (Lipinski definition) is 5. The third-order valence-electron chi connectivity index (χ3n) is 3.61. The molecule has 0 saturated heterocycles. The van der Waals surface area contributed by atoms with Crippen LogP contribution in [0.25, 0.3) is 0 Å². The molecule has 1 amide bonds. The van der Waals surface area contributed by atoms with Gasteiger partial charge in [-0.3, -0.25) is 14.9 Å². The van der Waals surface area contributed by atoms with Crippen LogP contribution in [0.2, 0.25) is 0 Å². The first-order valence-corrected chi connectivity index (χ1v) is 7.10. The number of nitrogens with zero attached hydrogens (tertiary/aromatic N) is 3. The lowest BCUT2D eigenvalue weighted by Crippen LogP contribution is -2.48. The molecule has 0 N–H and O–H groups in total. The van der Waals surface area contributed by atoms with Gasteiger partial charge in [-0.05, 0) is 18.2 Å². The summed E-state index contributed by atoms with van der Waals surface area (Å²) in [6.07, 6.45) is 0. The Hall–Kier alpha value is -2.54. The Morgan fingerprint density at radius 2 is 1.91 bits per heavy atom. The van der Waals surface area contributed by atoms with Crippen LogP contribution in [0.3, 0.4) is 0 Å². The van der Waals surface area contributed by atoms with Crippen molar-refractivity contribution in [2.75, 3.05) is 11.9 Å². The van der Waals surface area contributed by atoms with Crippen LogP contribution in [0.15, 0.2) is 48.5 Å². The molecule has 7 heteroatoms. The van der Waals surface area contributed by atoms with E-state index >= 15 is 0 Å². The highest BCUT2D eigenvalue weighted by molar-refractivity contribution is 7.81. The van der Waals surface area contributed by atoms with Crippen LogP contribution in [0.1, 0.15) is 10.4 Å². The maximum Gasteiger partial charge on any atom is 0.271 e. The van der Waals surface area contributed by atoms with Gasteiger partial charge in [0, 0.05) is 19.2 Å². The summed E-state index contributed by atoms with van der Waals surface area (Å²) in [5.41, 5.74) is 1.30. The van der Waals surface area contributed by atoms with Crippen LogP contribution in [-0.4, -0.2) is 28.3 Å². The number of fused-ring (bicyclic) bond motifs is 1. The highest BCUT2D eigenvalue weighted by atomic mass is 32.1. The summed E-state index contributed by atoms with van der Waals surface area (Å²) in [7, 11) is 1.65. The Bertz CT molecular complexity index is 765. The van der Waals surface area contributed by atoms with E-state index in [-0.39, 0.29) is 11.6 Å². The van der Waals surface area contributed by atoms with Gasteiger partial charge < -0.3 is 9.80 Å². The molecule has 1 atom stereocenters. The lowest BCUT2D eigenvalue weighted by atomic mass is 10.1. The lowest BCUT2D eigenvalue weighted by Gasteiger charge is -2.41. The number of non-ortho nitro benzene ring substituents is 1. The van der Waals surface area contributed by atoms with E-state index in [2.05, 4.69) is 12.6 Å². The fourth-order valence-corrected chi connectivity index (χ4v) is 2.85. The van der Waals surface area contributed by atoms with Crippen molar-refractivity contribution in [3.05, 3.63) is 64.2 Å². The van der Waals surface area contributed by atoms with Gasteiger partial charge in [0.1, 0.15) is 0 Å². The predicted octanol–water partition coefficient (Wildman–Crippen LogP) is 3.03. The standard InChI is InChI=1S/C15H13N3O3S/c1-16-14(19)12-7-2-3-8-13(12)17(15(16)22)10-5-4-6-11(9-10)18(20)21/h2-9,15,22H,1H3. The van der Waals surface area contributed by atoms with Gasteiger partial charge in [0.05, 0.1) is 21.9 Å². The monoisotopic (exact) mass is 315 g/mol. The van der Waals surface area contributed by atoms with Crippen LogP contribution in [0, 0.1) is 10.1 Å². The summed E-state index contributed by atoms with van der Waals surface area (Å²) in [6.45, 7) is 0. The molecular weight excluding hydrogens is 302 g/mol. The predicted molar refractivity (Wildman–Crippen MR) is 86.5 cm³/mol. The molecular formula is C15H13N3O3S. The molecule has 0 saturated carbocycles. The second kappa shape index (κ2) is 5.34. The van der Waals surface area contributed by atoms with Gasteiger partial charge in [0.25, 0.3) is 11.6 Å². The van der Waals surface area contributed by atoms with Gasteiger partial charge in [-0.15, -0.1) is 12.6 Å². The first kappa shape index (κ1) is 14.4. The number of carbonyl (C=O) groups is 1. The smallest absolute Gasteiger partial charge is 0.271 e. The Labute approximate surface area is 132 Å². The van der Waals surface area contributed by atoms with Crippen molar-refractivity contribution >= 4 is 35.6 Å². The number of hydrogen-bond donors (Lipinski definition) is 1. The maximum atomic E-state index is 12.3. The fraction of sp³-hybridized carbons (Fsp3) is 0.133. The van der Waals surface area contributed by atoms with Crippen molar-refractivity contribution in [2.24, 2.45) is 0 Å². The van der Waals surface area contributed by atoms with E-state index in [4.69, 9.17) is 0 Å². The molecule has 6 nitrogen and oxygen atoms in total. The van der Waals surface area contributed by atoms with Crippen LogP contribution in [0.4, 0.5) is 17.1 Å². The molecule has 3 rings (SSSR count). The zero-order valence-electron chi connectivity index (χ0n) is 11.7. The molecule has 2 aromatic rings. The number of nitro groups is 1. The summed E-state index contributed by atoms with van der Waals surface area (Å²) in [5.74, 6) is -0.128. The number of carbonyl (C=O) groups excluding carboxylic acids is 1. The van der Waals surface area contributed by atoms with Crippen molar-refractivity contribution < 1.29 is 9.72 Å². The SMILES string of the molecule is CN1C(=O)c2ccccc2N(c2cccc([N+](=O)[O-])c2)C1S. The summed E-state index contributed by atoms with van der Waals surface area (Å²) in [5, 5.41) is 11.0. The third-order valence-corrected chi connectivity index (χ3v) is 4.19. The van der Waals surface area contributed by atoms with Crippen LogP contribution < -0.4 is 4.90 Å². The summed E-state index contributed by atoms with van der Waals surface area (Å²) in [4.78, 5) is 26.2. The van der Waals surface area contributed by atoms with Crippen molar-refractivity contribution in [1.29, 1.82) is 0 Å². The molecule has 0 aliphatic carbocycles. The number of para-hydroxylation sites is 1. The molecule has 0 spiro atoms. The van der Waals surface area contributed by atoms with Crippen LogP contribution >= 0.6 is 12.6 Å². The third kappa shape index (κ3) is 2.19. The number of rotatable bonds is 2. The summed E-state index contributed by atoms with van der Waals surface area (Å²) >= 11 is 4.49. The highest BCUT2D eigenvalue weighted by Gasteiger charge is 2.34. The number of benzene rings is 2. The number of amides is 1. The Morgan fingerprint density at radius 3 is 2.64 bits per heavy atom. The van der Waals surface area contributed by atoms with Gasteiger partial charge in [-0.2, -0.15) is 0 Å². The number of anilines is 2. The topological polar surface area (TPSA) is 66.7 Å². The van der Waals surface area contributed by atoms with E-state index in [9.17, 15) is 14.9 Å². The molecule has 1 unspecified atom stereocenters. The second-order valence-electron chi connectivity index (χ2n) is 4.93. The Kier molecular flexibility index (Phi) is 3.50. The first-order chi connectivity index (χ1) is 10.5. The van der Waals surface area contributed by atoms with E-state index < -0.39 is 10.4 Å². The second-order valence-corrected chi connectivity index (χ2v) is 5.39.